The van der Waals surface area contributed by atoms with E-state index < -0.39 is 15.9 Å². The van der Waals surface area contributed by atoms with Crippen molar-refractivity contribution >= 4 is 50.4 Å². The molecule has 0 saturated heterocycles. The van der Waals surface area contributed by atoms with Gasteiger partial charge in [0.05, 0.1) is 18.2 Å². The molecular weight excluding hydrogens is 453 g/mol. The van der Waals surface area contributed by atoms with Gasteiger partial charge in [0.1, 0.15) is 6.54 Å². The van der Waals surface area contributed by atoms with Crippen LogP contribution in [0.25, 0.3) is 0 Å². The Hall–Kier alpha value is -1.94. The Morgan fingerprint density at radius 1 is 1.24 bits per heavy atom. The average Bonchev–Trinajstić information content (AvgIpc) is 2.53. The highest BCUT2D eigenvalue weighted by Gasteiger charge is 2.20. The van der Waals surface area contributed by atoms with Crippen molar-refractivity contribution in [3.8, 4) is 0 Å². The van der Waals surface area contributed by atoms with E-state index in [0.29, 0.717) is 5.69 Å². The molecule has 1 amide bonds. The molecule has 25 heavy (non-hydrogen) atoms. The van der Waals surface area contributed by atoms with Gasteiger partial charge in [0.15, 0.2) is 0 Å². The molecule has 1 N–H and O–H groups in total. The Balaban J connectivity index is 2.06. The fraction of sp³-hybridized carbons (Fsp3) is 0.176. The van der Waals surface area contributed by atoms with E-state index >= 15 is 0 Å². The molecule has 0 saturated carbocycles. The minimum Gasteiger partial charge on any atom is -0.271 e. The number of hydrogen-bond donors (Lipinski definition) is 1. The number of hydrazone groups is 1. The van der Waals surface area contributed by atoms with E-state index in [2.05, 4.69) is 33.1 Å². The second-order valence-electron chi connectivity index (χ2n) is 5.45. The summed E-state index contributed by atoms with van der Waals surface area (Å²) in [4.78, 5) is 12.1. The van der Waals surface area contributed by atoms with Crippen molar-refractivity contribution in [2.24, 2.45) is 5.10 Å². The number of carbonyl (C=O) groups is 1. The van der Waals surface area contributed by atoms with Crippen LogP contribution in [-0.4, -0.2) is 33.3 Å². The third-order valence-corrected chi connectivity index (χ3v) is 5.11. The fourth-order valence-corrected chi connectivity index (χ4v) is 3.32. The molecule has 0 atom stereocenters. The lowest BCUT2D eigenvalue weighted by atomic mass is 10.2. The van der Waals surface area contributed by atoms with Gasteiger partial charge in [-0.05, 0) is 59.3 Å². The molecule has 2 aromatic carbocycles. The van der Waals surface area contributed by atoms with Crippen LogP contribution in [0.2, 0.25) is 0 Å². The van der Waals surface area contributed by atoms with Crippen LogP contribution in [0.3, 0.4) is 0 Å². The van der Waals surface area contributed by atoms with E-state index in [-0.39, 0.29) is 6.54 Å². The minimum absolute atomic E-state index is 0.343. The highest BCUT2D eigenvalue weighted by atomic mass is 127. The van der Waals surface area contributed by atoms with Gasteiger partial charge in [-0.1, -0.05) is 29.8 Å². The van der Waals surface area contributed by atoms with Crippen molar-refractivity contribution in [2.75, 3.05) is 17.1 Å². The molecule has 0 bridgehead atoms. The summed E-state index contributed by atoms with van der Waals surface area (Å²) in [7, 11) is -3.59. The van der Waals surface area contributed by atoms with Crippen molar-refractivity contribution < 1.29 is 13.2 Å². The SMILES string of the molecule is Cc1cccc(/C=N\NC(=O)CN(c2ccc(I)cc2)S(C)(=O)=O)c1. The predicted molar refractivity (Wildman–Crippen MR) is 108 cm³/mol. The minimum atomic E-state index is -3.59. The Morgan fingerprint density at radius 3 is 2.52 bits per heavy atom. The van der Waals surface area contributed by atoms with Crippen molar-refractivity contribution in [1.82, 2.24) is 5.43 Å². The van der Waals surface area contributed by atoms with Crippen LogP contribution in [0.1, 0.15) is 11.1 Å². The number of halogens is 1. The molecule has 0 radical (unpaired) electrons. The van der Waals surface area contributed by atoms with E-state index in [1.54, 1.807) is 24.3 Å². The van der Waals surface area contributed by atoms with Gasteiger partial charge >= 0.3 is 0 Å². The third kappa shape index (κ3) is 6.13. The van der Waals surface area contributed by atoms with E-state index in [1.165, 1.54) is 6.21 Å². The monoisotopic (exact) mass is 471 g/mol. The molecule has 8 heteroatoms. The maximum atomic E-state index is 12.1. The molecule has 0 aromatic heterocycles. The van der Waals surface area contributed by atoms with Crippen LogP contribution >= 0.6 is 22.6 Å². The van der Waals surface area contributed by atoms with Gasteiger partial charge in [0.2, 0.25) is 10.0 Å². The summed E-state index contributed by atoms with van der Waals surface area (Å²) in [5, 5.41) is 3.88. The first-order valence-corrected chi connectivity index (χ1v) is 10.3. The number of hydrogen-bond acceptors (Lipinski definition) is 4. The smallest absolute Gasteiger partial charge is 0.260 e. The average molecular weight is 471 g/mol. The van der Waals surface area contributed by atoms with Crippen LogP contribution < -0.4 is 9.73 Å². The van der Waals surface area contributed by atoms with Crippen LogP contribution in [0.15, 0.2) is 53.6 Å². The normalized spacial score (nSPS) is 11.5. The van der Waals surface area contributed by atoms with Gasteiger partial charge in [-0.15, -0.1) is 0 Å². The number of nitrogens with one attached hydrogen (secondary N) is 1. The van der Waals surface area contributed by atoms with E-state index in [9.17, 15) is 13.2 Å². The molecule has 0 aliphatic heterocycles. The highest BCUT2D eigenvalue weighted by molar-refractivity contribution is 14.1. The third-order valence-electron chi connectivity index (χ3n) is 3.25. The largest absolute Gasteiger partial charge is 0.271 e. The summed E-state index contributed by atoms with van der Waals surface area (Å²) >= 11 is 2.13. The Morgan fingerprint density at radius 2 is 1.92 bits per heavy atom. The first-order valence-electron chi connectivity index (χ1n) is 7.37. The number of sulfonamides is 1. The predicted octanol–water partition coefficient (Wildman–Crippen LogP) is 2.52. The number of amides is 1. The van der Waals surface area contributed by atoms with E-state index in [1.807, 2.05) is 31.2 Å². The maximum absolute atomic E-state index is 12.1. The number of anilines is 1. The number of aryl methyl sites for hydroxylation is 1. The molecule has 0 fully saturated rings. The molecular formula is C17H18IN3O3S. The number of carbonyl (C=O) groups excluding carboxylic acids is 1. The zero-order valence-corrected chi connectivity index (χ0v) is 16.8. The first-order chi connectivity index (χ1) is 11.8. The second kappa shape index (κ2) is 8.43. The van der Waals surface area contributed by atoms with Crippen LogP contribution in [-0.2, 0) is 14.8 Å². The lowest BCUT2D eigenvalue weighted by molar-refractivity contribution is -0.119. The molecule has 132 valence electrons. The van der Waals surface area contributed by atoms with Gasteiger partial charge in [0, 0.05) is 3.57 Å². The molecule has 0 aliphatic rings. The summed E-state index contributed by atoms with van der Waals surface area (Å²) in [5.74, 6) is -0.520. The van der Waals surface area contributed by atoms with Gasteiger partial charge in [-0.2, -0.15) is 5.10 Å². The molecule has 0 unspecified atom stereocenters. The summed E-state index contributed by atoms with van der Waals surface area (Å²) < 4.78 is 26.0. The Kier molecular flexibility index (Phi) is 6.54. The summed E-state index contributed by atoms with van der Waals surface area (Å²) in [6, 6.07) is 14.5. The zero-order valence-electron chi connectivity index (χ0n) is 13.8. The molecule has 0 spiro atoms. The Labute approximate surface area is 161 Å². The van der Waals surface area contributed by atoms with Crippen LogP contribution in [0.4, 0.5) is 5.69 Å². The van der Waals surface area contributed by atoms with Gasteiger partial charge in [0.25, 0.3) is 5.91 Å². The standard InChI is InChI=1S/C17H18IN3O3S/c1-13-4-3-5-14(10-13)11-19-20-17(22)12-21(25(2,23)24)16-8-6-15(18)7-9-16/h3-11H,12H2,1-2H3,(H,20,22)/b19-11-. The van der Waals surface area contributed by atoms with Crippen molar-refractivity contribution in [3.63, 3.8) is 0 Å². The van der Waals surface area contributed by atoms with Gasteiger partial charge < -0.3 is 0 Å². The molecule has 2 rings (SSSR count). The fourth-order valence-electron chi connectivity index (χ4n) is 2.10. The quantitative estimate of drug-likeness (QED) is 0.400. The summed E-state index contributed by atoms with van der Waals surface area (Å²) in [5.41, 5.74) is 4.71. The van der Waals surface area contributed by atoms with Gasteiger partial charge in [-0.3, -0.25) is 9.10 Å². The number of benzene rings is 2. The summed E-state index contributed by atoms with van der Waals surface area (Å²) in [6.45, 7) is 1.62. The Bertz CT molecular complexity index is 880. The second-order valence-corrected chi connectivity index (χ2v) is 8.61. The summed E-state index contributed by atoms with van der Waals surface area (Å²) in [6.07, 6.45) is 2.58. The van der Waals surface area contributed by atoms with Crippen molar-refractivity contribution in [1.29, 1.82) is 0 Å². The first kappa shape index (κ1) is 19.4. The van der Waals surface area contributed by atoms with Crippen molar-refractivity contribution in [3.05, 3.63) is 63.2 Å². The van der Waals surface area contributed by atoms with Crippen molar-refractivity contribution in [2.45, 2.75) is 6.92 Å². The molecule has 0 heterocycles. The lowest BCUT2D eigenvalue weighted by Gasteiger charge is -2.21. The van der Waals surface area contributed by atoms with E-state index in [4.69, 9.17) is 0 Å². The molecule has 0 aliphatic carbocycles. The van der Waals surface area contributed by atoms with Crippen LogP contribution in [0, 0.1) is 10.5 Å². The number of nitrogens with zero attached hydrogens (tertiary/aromatic N) is 2. The van der Waals surface area contributed by atoms with Crippen LogP contribution in [0.5, 0.6) is 0 Å². The lowest BCUT2D eigenvalue weighted by Crippen LogP contribution is -2.39. The topological polar surface area (TPSA) is 78.8 Å². The highest BCUT2D eigenvalue weighted by Crippen LogP contribution is 2.18. The van der Waals surface area contributed by atoms with E-state index in [0.717, 1.165) is 25.3 Å². The zero-order chi connectivity index (χ0) is 18.4. The molecule has 6 nitrogen and oxygen atoms in total. The molecule has 2 aromatic rings. The number of rotatable bonds is 6. The van der Waals surface area contributed by atoms with Gasteiger partial charge in [-0.25, -0.2) is 13.8 Å². The maximum Gasteiger partial charge on any atom is 0.260 e.